The molecule has 4 aromatic carbocycles. The molecule has 0 saturated heterocycles. The molecule has 0 aliphatic rings. The maximum atomic E-state index is 13.5. The molecule has 5 rings (SSSR count). The Bertz CT molecular complexity index is 1470. The third-order valence-electron chi connectivity index (χ3n) is 5.43. The van der Waals surface area contributed by atoms with Crippen molar-refractivity contribution in [3.8, 4) is 28.5 Å². The minimum atomic E-state index is -0.244. The minimum Gasteiger partial charge on any atom is -0.497 e. The summed E-state index contributed by atoms with van der Waals surface area (Å²) < 4.78 is 11.4. The summed E-state index contributed by atoms with van der Waals surface area (Å²) in [6, 6.07) is 33.9. The summed E-state index contributed by atoms with van der Waals surface area (Å²) in [6.07, 6.45) is 0. The van der Waals surface area contributed by atoms with E-state index in [1.165, 1.54) is 0 Å². The number of anilines is 1. The molecule has 0 unspecified atom stereocenters. The maximum absolute atomic E-state index is 13.5. The lowest BCUT2D eigenvalue weighted by Crippen LogP contribution is -2.13. The fourth-order valence-corrected chi connectivity index (χ4v) is 3.76. The average Bonchev–Trinajstić information content (AvgIpc) is 2.89. The van der Waals surface area contributed by atoms with Crippen LogP contribution in [0.3, 0.4) is 0 Å². The number of ether oxygens (including phenoxy) is 2. The summed E-state index contributed by atoms with van der Waals surface area (Å²) in [7, 11) is 1.63. The highest BCUT2D eigenvalue weighted by atomic mass is 16.5. The minimum absolute atomic E-state index is 0.244. The molecule has 34 heavy (non-hydrogen) atoms. The van der Waals surface area contributed by atoms with Gasteiger partial charge in [-0.25, -0.2) is 4.98 Å². The first-order valence-electron chi connectivity index (χ1n) is 10.9. The number of aromatic nitrogens is 1. The number of pyridine rings is 1. The van der Waals surface area contributed by atoms with E-state index in [1.807, 2.05) is 109 Å². The normalized spacial score (nSPS) is 10.6. The topological polar surface area (TPSA) is 60.5 Å². The van der Waals surface area contributed by atoms with Gasteiger partial charge in [-0.3, -0.25) is 4.79 Å². The van der Waals surface area contributed by atoms with Crippen LogP contribution >= 0.6 is 0 Å². The molecule has 0 atom stereocenters. The Balaban J connectivity index is 1.53. The number of nitrogens with one attached hydrogen (secondary N) is 1. The number of nitrogens with zero attached hydrogens (tertiary/aromatic N) is 1. The first-order chi connectivity index (χ1) is 16.7. The van der Waals surface area contributed by atoms with Crippen molar-refractivity contribution in [2.24, 2.45) is 0 Å². The standard InChI is InChI=1S/C29H22N2O3/c1-33-22-13-9-10-20(18-22)27-19-24(23-14-5-6-15-25(23)30-27)29(32)31-26-16-7-8-17-28(26)34-21-11-3-2-4-12-21/h2-19H,1H3,(H,31,32). The van der Waals surface area contributed by atoms with Gasteiger partial charge >= 0.3 is 0 Å². The van der Waals surface area contributed by atoms with E-state index < -0.39 is 0 Å². The highest BCUT2D eigenvalue weighted by Crippen LogP contribution is 2.31. The van der Waals surface area contributed by atoms with Crippen molar-refractivity contribution in [3.05, 3.63) is 115 Å². The van der Waals surface area contributed by atoms with Crippen LogP contribution in [-0.4, -0.2) is 18.0 Å². The maximum Gasteiger partial charge on any atom is 0.256 e. The number of carbonyl (C=O) groups excluding carboxylic acids is 1. The van der Waals surface area contributed by atoms with E-state index >= 15 is 0 Å². The van der Waals surface area contributed by atoms with E-state index in [4.69, 9.17) is 14.5 Å². The van der Waals surface area contributed by atoms with Gasteiger partial charge in [0, 0.05) is 10.9 Å². The van der Waals surface area contributed by atoms with E-state index in [0.29, 0.717) is 28.4 Å². The number of amides is 1. The summed E-state index contributed by atoms with van der Waals surface area (Å²) in [5.41, 5.74) is 3.41. The number of fused-ring (bicyclic) bond motifs is 1. The number of methoxy groups -OCH3 is 1. The number of rotatable bonds is 6. The van der Waals surface area contributed by atoms with Crippen LogP contribution in [0.1, 0.15) is 10.4 Å². The molecule has 1 aromatic heterocycles. The number of hydrogen-bond acceptors (Lipinski definition) is 4. The molecule has 0 aliphatic heterocycles. The van der Waals surface area contributed by atoms with Gasteiger partial charge in [0.2, 0.25) is 0 Å². The second-order valence-corrected chi connectivity index (χ2v) is 7.67. The van der Waals surface area contributed by atoms with Gasteiger partial charge in [-0.1, -0.05) is 60.7 Å². The fraction of sp³-hybridized carbons (Fsp3) is 0.0345. The van der Waals surface area contributed by atoms with Gasteiger partial charge in [-0.2, -0.15) is 0 Å². The van der Waals surface area contributed by atoms with Gasteiger partial charge in [0.1, 0.15) is 11.5 Å². The molecule has 1 N–H and O–H groups in total. The summed E-state index contributed by atoms with van der Waals surface area (Å²) in [6.45, 7) is 0. The second-order valence-electron chi connectivity index (χ2n) is 7.67. The predicted octanol–water partition coefficient (Wildman–Crippen LogP) is 6.96. The van der Waals surface area contributed by atoms with Crippen molar-refractivity contribution in [2.45, 2.75) is 0 Å². The summed E-state index contributed by atoms with van der Waals surface area (Å²) in [4.78, 5) is 18.3. The fourth-order valence-electron chi connectivity index (χ4n) is 3.76. The molecule has 0 saturated carbocycles. The van der Waals surface area contributed by atoms with Crippen molar-refractivity contribution in [1.29, 1.82) is 0 Å². The molecule has 5 nitrogen and oxygen atoms in total. The summed E-state index contributed by atoms with van der Waals surface area (Å²) in [5, 5.41) is 3.80. The number of hydrogen-bond donors (Lipinski definition) is 1. The van der Waals surface area contributed by atoms with Crippen LogP contribution in [0.2, 0.25) is 0 Å². The van der Waals surface area contributed by atoms with E-state index in [1.54, 1.807) is 7.11 Å². The molecule has 166 valence electrons. The van der Waals surface area contributed by atoms with Gasteiger partial charge in [-0.15, -0.1) is 0 Å². The Hall–Kier alpha value is -4.64. The molecular formula is C29H22N2O3. The Labute approximate surface area is 197 Å². The van der Waals surface area contributed by atoms with Crippen molar-refractivity contribution >= 4 is 22.5 Å². The lowest BCUT2D eigenvalue weighted by molar-refractivity contribution is 0.102. The molecule has 0 spiro atoms. The second kappa shape index (κ2) is 9.46. The molecule has 0 radical (unpaired) electrons. The SMILES string of the molecule is COc1cccc(-c2cc(C(=O)Nc3ccccc3Oc3ccccc3)c3ccccc3n2)c1. The van der Waals surface area contributed by atoms with Crippen molar-refractivity contribution < 1.29 is 14.3 Å². The molecule has 0 fully saturated rings. The largest absolute Gasteiger partial charge is 0.497 e. The summed E-state index contributed by atoms with van der Waals surface area (Å²) in [5.74, 6) is 1.74. The van der Waals surface area contributed by atoms with Crippen LogP contribution in [0.25, 0.3) is 22.2 Å². The van der Waals surface area contributed by atoms with Crippen molar-refractivity contribution in [2.75, 3.05) is 12.4 Å². The zero-order valence-corrected chi connectivity index (χ0v) is 18.6. The number of benzene rings is 4. The molecular weight excluding hydrogens is 424 g/mol. The van der Waals surface area contributed by atoms with Crippen LogP contribution in [0, 0.1) is 0 Å². The smallest absolute Gasteiger partial charge is 0.256 e. The van der Waals surface area contributed by atoms with Crippen LogP contribution < -0.4 is 14.8 Å². The average molecular weight is 447 g/mol. The van der Waals surface area contributed by atoms with E-state index in [-0.39, 0.29) is 5.91 Å². The Morgan fingerprint density at radius 2 is 1.50 bits per heavy atom. The zero-order chi connectivity index (χ0) is 23.3. The van der Waals surface area contributed by atoms with E-state index in [0.717, 1.165) is 22.2 Å². The molecule has 1 amide bonds. The lowest BCUT2D eigenvalue weighted by atomic mass is 10.0. The molecule has 0 bridgehead atoms. The van der Waals surface area contributed by atoms with Crippen LogP contribution in [-0.2, 0) is 0 Å². The number of carbonyl (C=O) groups is 1. The Kier molecular flexibility index (Phi) is 5.91. The van der Waals surface area contributed by atoms with E-state index in [2.05, 4.69) is 5.32 Å². The van der Waals surface area contributed by atoms with Gasteiger partial charge in [0.05, 0.1) is 29.6 Å². The number of para-hydroxylation sites is 4. The Morgan fingerprint density at radius 1 is 0.765 bits per heavy atom. The molecule has 1 heterocycles. The quantitative estimate of drug-likeness (QED) is 0.306. The molecule has 0 aliphatic carbocycles. The van der Waals surface area contributed by atoms with Gasteiger partial charge < -0.3 is 14.8 Å². The first kappa shape index (κ1) is 21.2. The van der Waals surface area contributed by atoms with Crippen LogP contribution in [0.4, 0.5) is 5.69 Å². The van der Waals surface area contributed by atoms with Crippen LogP contribution in [0.5, 0.6) is 17.2 Å². The Morgan fingerprint density at radius 3 is 2.35 bits per heavy atom. The van der Waals surface area contributed by atoms with Crippen molar-refractivity contribution in [3.63, 3.8) is 0 Å². The zero-order valence-electron chi connectivity index (χ0n) is 18.6. The third-order valence-corrected chi connectivity index (χ3v) is 5.43. The van der Waals surface area contributed by atoms with Gasteiger partial charge in [0.25, 0.3) is 5.91 Å². The molecule has 5 heteroatoms. The van der Waals surface area contributed by atoms with Gasteiger partial charge in [0.15, 0.2) is 5.75 Å². The molecule has 5 aromatic rings. The monoisotopic (exact) mass is 446 g/mol. The predicted molar refractivity (Wildman–Crippen MR) is 135 cm³/mol. The third kappa shape index (κ3) is 4.45. The van der Waals surface area contributed by atoms with Crippen molar-refractivity contribution in [1.82, 2.24) is 4.98 Å². The van der Waals surface area contributed by atoms with Crippen LogP contribution in [0.15, 0.2) is 109 Å². The van der Waals surface area contributed by atoms with Gasteiger partial charge in [-0.05, 0) is 48.5 Å². The van der Waals surface area contributed by atoms with E-state index in [9.17, 15) is 4.79 Å². The first-order valence-corrected chi connectivity index (χ1v) is 10.9. The summed E-state index contributed by atoms with van der Waals surface area (Å²) >= 11 is 0. The highest BCUT2D eigenvalue weighted by Gasteiger charge is 2.16. The lowest BCUT2D eigenvalue weighted by Gasteiger charge is -2.14. The highest BCUT2D eigenvalue weighted by molar-refractivity contribution is 6.13.